The van der Waals surface area contributed by atoms with Gasteiger partial charge in [0.15, 0.2) is 0 Å². The fourth-order valence-electron chi connectivity index (χ4n) is 3.26. The number of hydrogen-bond donors (Lipinski definition) is 1. The molecule has 1 saturated carbocycles. The molecule has 1 aromatic carbocycles. The molecular formula is C16H24BrNO. The Kier molecular flexibility index (Phi) is 4.91. The summed E-state index contributed by atoms with van der Waals surface area (Å²) in [6.45, 7) is 5.13. The highest BCUT2D eigenvalue weighted by Gasteiger charge is 2.25. The van der Waals surface area contributed by atoms with E-state index < -0.39 is 0 Å². The molecule has 2 unspecified atom stereocenters. The molecule has 2 nitrogen and oxygen atoms in total. The molecule has 0 amide bonds. The molecule has 0 aliphatic heterocycles. The Morgan fingerprint density at radius 2 is 2.00 bits per heavy atom. The number of nitrogens with zero attached hydrogens (tertiary/aromatic N) is 1. The van der Waals surface area contributed by atoms with Crippen molar-refractivity contribution in [2.75, 3.05) is 7.05 Å². The van der Waals surface area contributed by atoms with Gasteiger partial charge in [0.05, 0.1) is 0 Å². The van der Waals surface area contributed by atoms with Crippen LogP contribution in [0, 0.1) is 12.8 Å². The van der Waals surface area contributed by atoms with E-state index >= 15 is 0 Å². The van der Waals surface area contributed by atoms with Crippen LogP contribution in [0.5, 0.6) is 5.75 Å². The van der Waals surface area contributed by atoms with E-state index in [0.717, 1.165) is 28.1 Å². The highest BCUT2D eigenvalue weighted by molar-refractivity contribution is 9.10. The Bertz CT molecular complexity index is 447. The first-order chi connectivity index (χ1) is 8.99. The molecule has 2 rings (SSSR count). The quantitative estimate of drug-likeness (QED) is 0.886. The Morgan fingerprint density at radius 1 is 1.32 bits per heavy atom. The van der Waals surface area contributed by atoms with Crippen LogP contribution in [0.4, 0.5) is 0 Å². The van der Waals surface area contributed by atoms with Gasteiger partial charge in [-0.15, -0.1) is 0 Å². The number of aryl methyl sites for hydroxylation is 1. The third-order valence-electron chi connectivity index (χ3n) is 4.40. The van der Waals surface area contributed by atoms with Crippen molar-refractivity contribution in [2.45, 2.75) is 52.1 Å². The molecular weight excluding hydrogens is 302 g/mol. The maximum atomic E-state index is 10.2. The summed E-state index contributed by atoms with van der Waals surface area (Å²) in [5.41, 5.74) is 1.96. The molecule has 1 aromatic rings. The van der Waals surface area contributed by atoms with Gasteiger partial charge in [-0.1, -0.05) is 35.7 Å². The summed E-state index contributed by atoms with van der Waals surface area (Å²) in [7, 11) is 2.18. The van der Waals surface area contributed by atoms with E-state index in [2.05, 4.69) is 34.8 Å². The largest absolute Gasteiger partial charge is 0.507 e. The van der Waals surface area contributed by atoms with Crippen LogP contribution in [-0.2, 0) is 6.54 Å². The third-order valence-corrected chi connectivity index (χ3v) is 4.85. The molecule has 0 saturated heterocycles. The zero-order valence-corrected chi connectivity index (χ0v) is 13.7. The lowest BCUT2D eigenvalue weighted by molar-refractivity contribution is 0.132. The van der Waals surface area contributed by atoms with Gasteiger partial charge >= 0.3 is 0 Å². The maximum absolute atomic E-state index is 10.2. The van der Waals surface area contributed by atoms with E-state index in [1.807, 2.05) is 19.1 Å². The maximum Gasteiger partial charge on any atom is 0.123 e. The van der Waals surface area contributed by atoms with E-state index in [1.165, 1.54) is 25.7 Å². The molecule has 3 heteroatoms. The van der Waals surface area contributed by atoms with Gasteiger partial charge in [0.2, 0.25) is 0 Å². The first-order valence-electron chi connectivity index (χ1n) is 7.17. The normalized spacial score (nSPS) is 23.8. The Morgan fingerprint density at radius 3 is 2.68 bits per heavy atom. The Hall–Kier alpha value is -0.540. The van der Waals surface area contributed by atoms with Crippen molar-refractivity contribution in [3.8, 4) is 5.75 Å². The second-order valence-corrected chi connectivity index (χ2v) is 6.89. The predicted octanol–water partition coefficient (Wildman–Crippen LogP) is 4.47. The minimum Gasteiger partial charge on any atom is -0.507 e. The molecule has 1 fully saturated rings. The fourth-order valence-corrected chi connectivity index (χ4v) is 3.88. The van der Waals surface area contributed by atoms with Gasteiger partial charge < -0.3 is 5.11 Å². The van der Waals surface area contributed by atoms with Crippen LogP contribution in [-0.4, -0.2) is 23.1 Å². The predicted molar refractivity (Wildman–Crippen MR) is 83.4 cm³/mol. The summed E-state index contributed by atoms with van der Waals surface area (Å²) < 4.78 is 1.04. The van der Waals surface area contributed by atoms with Gasteiger partial charge in [-0.05, 0) is 50.4 Å². The zero-order chi connectivity index (χ0) is 14.0. The van der Waals surface area contributed by atoms with Crippen molar-refractivity contribution in [2.24, 2.45) is 5.92 Å². The smallest absolute Gasteiger partial charge is 0.123 e. The topological polar surface area (TPSA) is 23.5 Å². The van der Waals surface area contributed by atoms with Gasteiger partial charge in [-0.2, -0.15) is 0 Å². The number of hydrogen-bond acceptors (Lipinski definition) is 2. The van der Waals surface area contributed by atoms with Crippen molar-refractivity contribution in [3.05, 3.63) is 27.7 Å². The molecule has 2 atom stereocenters. The highest BCUT2D eigenvalue weighted by Crippen LogP contribution is 2.31. The summed E-state index contributed by atoms with van der Waals surface area (Å²) in [6, 6.07) is 4.64. The summed E-state index contributed by atoms with van der Waals surface area (Å²) in [4.78, 5) is 2.41. The number of phenols is 1. The van der Waals surface area contributed by atoms with Crippen LogP contribution in [0.2, 0.25) is 0 Å². The van der Waals surface area contributed by atoms with E-state index in [0.29, 0.717) is 11.8 Å². The molecule has 1 aliphatic rings. The first-order valence-corrected chi connectivity index (χ1v) is 7.96. The average molecular weight is 326 g/mol. The van der Waals surface area contributed by atoms with E-state index in [9.17, 15) is 5.11 Å². The van der Waals surface area contributed by atoms with Crippen LogP contribution in [0.15, 0.2) is 16.6 Å². The minimum absolute atomic E-state index is 0.443. The summed E-state index contributed by atoms with van der Waals surface area (Å²) >= 11 is 3.52. The Balaban J connectivity index is 2.12. The summed E-state index contributed by atoms with van der Waals surface area (Å²) in [6.07, 6.45) is 5.32. The number of benzene rings is 1. The summed E-state index contributed by atoms with van der Waals surface area (Å²) in [5.74, 6) is 1.20. The van der Waals surface area contributed by atoms with E-state index in [4.69, 9.17) is 0 Å². The molecule has 0 bridgehead atoms. The van der Waals surface area contributed by atoms with Crippen molar-refractivity contribution >= 4 is 15.9 Å². The third kappa shape index (κ3) is 3.51. The molecule has 0 spiro atoms. The standard InChI is InChI=1S/C16H24BrNO/c1-11-6-4-5-7-15(11)18(3)10-13-9-14(17)8-12(2)16(13)19/h8-9,11,15,19H,4-7,10H2,1-3H3. The second-order valence-electron chi connectivity index (χ2n) is 5.97. The number of phenolic OH excluding ortho intramolecular Hbond substituents is 1. The first kappa shape index (κ1) is 14.9. The van der Waals surface area contributed by atoms with E-state index in [-0.39, 0.29) is 0 Å². The molecule has 0 radical (unpaired) electrons. The number of rotatable bonds is 3. The Labute approximate surface area is 124 Å². The molecule has 0 heterocycles. The van der Waals surface area contributed by atoms with Gasteiger partial charge in [0.1, 0.15) is 5.75 Å². The van der Waals surface area contributed by atoms with Crippen molar-refractivity contribution < 1.29 is 5.11 Å². The molecule has 19 heavy (non-hydrogen) atoms. The second kappa shape index (κ2) is 6.27. The summed E-state index contributed by atoms with van der Waals surface area (Å²) in [5, 5.41) is 10.2. The van der Waals surface area contributed by atoms with Crippen LogP contribution in [0.3, 0.4) is 0 Å². The lowest BCUT2D eigenvalue weighted by Gasteiger charge is -2.36. The van der Waals surface area contributed by atoms with Gasteiger partial charge in [0.25, 0.3) is 0 Å². The monoisotopic (exact) mass is 325 g/mol. The lowest BCUT2D eigenvalue weighted by Crippen LogP contribution is -2.38. The molecule has 1 aliphatic carbocycles. The number of halogens is 1. The number of aromatic hydroxyl groups is 1. The van der Waals surface area contributed by atoms with E-state index in [1.54, 1.807) is 0 Å². The minimum atomic E-state index is 0.443. The van der Waals surface area contributed by atoms with Crippen LogP contribution in [0.1, 0.15) is 43.7 Å². The lowest BCUT2D eigenvalue weighted by atomic mass is 9.85. The van der Waals surface area contributed by atoms with Crippen LogP contribution < -0.4 is 0 Å². The molecule has 0 aromatic heterocycles. The highest BCUT2D eigenvalue weighted by atomic mass is 79.9. The van der Waals surface area contributed by atoms with Gasteiger partial charge in [0, 0.05) is 22.6 Å². The van der Waals surface area contributed by atoms with Gasteiger partial charge in [-0.25, -0.2) is 0 Å². The molecule has 1 N–H and O–H groups in total. The SMILES string of the molecule is Cc1cc(Br)cc(CN(C)C2CCCCC2C)c1O. The molecule has 106 valence electrons. The van der Waals surface area contributed by atoms with Gasteiger partial charge in [-0.3, -0.25) is 4.90 Å². The zero-order valence-electron chi connectivity index (χ0n) is 12.1. The van der Waals surface area contributed by atoms with Crippen molar-refractivity contribution in [3.63, 3.8) is 0 Å². The van der Waals surface area contributed by atoms with Crippen LogP contribution >= 0.6 is 15.9 Å². The van der Waals surface area contributed by atoms with Crippen molar-refractivity contribution in [1.29, 1.82) is 0 Å². The average Bonchev–Trinajstić information content (AvgIpc) is 2.35. The van der Waals surface area contributed by atoms with Crippen molar-refractivity contribution in [1.82, 2.24) is 4.90 Å². The van der Waals surface area contributed by atoms with Crippen LogP contribution in [0.25, 0.3) is 0 Å². The fraction of sp³-hybridized carbons (Fsp3) is 0.625.